The van der Waals surface area contributed by atoms with E-state index in [1.807, 2.05) is 36.4 Å². The van der Waals surface area contributed by atoms with Crippen LogP contribution in [0.1, 0.15) is 25.7 Å². The second-order valence-electron chi connectivity index (χ2n) is 5.53. The number of hydrogen-bond acceptors (Lipinski definition) is 3. The van der Waals surface area contributed by atoms with Gasteiger partial charge in [-0.05, 0) is 23.5 Å². The Morgan fingerprint density at radius 1 is 0.909 bits per heavy atom. The lowest BCUT2D eigenvalue weighted by atomic mass is 9.99. The summed E-state index contributed by atoms with van der Waals surface area (Å²) < 4.78 is 0. The van der Waals surface area contributed by atoms with E-state index in [2.05, 4.69) is 24.3 Å². The molecular formula is C18H19OPS2. The van der Waals surface area contributed by atoms with Gasteiger partial charge in [0.1, 0.15) is 5.78 Å². The van der Waals surface area contributed by atoms with Crippen molar-refractivity contribution in [1.82, 2.24) is 0 Å². The van der Waals surface area contributed by atoms with E-state index < -0.39 is 5.24 Å². The standard InChI is InChI=1S/C18H19OPS2/c19-17-13-7-8-14-18(17)22-20(21,15-9-3-1-4-10-15)16-11-5-2-6-12-16/h1-6,9-12,18H,7-8,13-14H2. The second-order valence-corrected chi connectivity index (χ2v) is 13.1. The number of ketones is 1. The molecule has 1 aliphatic carbocycles. The maximum atomic E-state index is 12.3. The molecule has 1 aliphatic rings. The van der Waals surface area contributed by atoms with Crippen LogP contribution in [0.3, 0.4) is 0 Å². The van der Waals surface area contributed by atoms with E-state index in [0.717, 1.165) is 25.7 Å². The lowest BCUT2D eigenvalue weighted by Crippen LogP contribution is -2.24. The molecular weight excluding hydrogens is 327 g/mol. The van der Waals surface area contributed by atoms with Crippen molar-refractivity contribution in [1.29, 1.82) is 0 Å². The van der Waals surface area contributed by atoms with Crippen molar-refractivity contribution in [3.63, 3.8) is 0 Å². The first-order valence-electron chi connectivity index (χ1n) is 7.62. The maximum Gasteiger partial charge on any atom is 0.146 e. The minimum absolute atomic E-state index is 0.0694. The molecule has 1 fully saturated rings. The molecule has 114 valence electrons. The highest BCUT2D eigenvalue weighted by Crippen LogP contribution is 2.59. The molecule has 0 heterocycles. The van der Waals surface area contributed by atoms with E-state index in [9.17, 15) is 4.79 Å². The Bertz CT molecular complexity index is 641. The van der Waals surface area contributed by atoms with Crippen LogP contribution in [-0.4, -0.2) is 11.0 Å². The van der Waals surface area contributed by atoms with Gasteiger partial charge in [-0.25, -0.2) is 0 Å². The van der Waals surface area contributed by atoms with E-state index in [1.54, 1.807) is 11.4 Å². The van der Waals surface area contributed by atoms with Crippen molar-refractivity contribution in [2.75, 3.05) is 0 Å². The van der Waals surface area contributed by atoms with Crippen molar-refractivity contribution < 1.29 is 4.79 Å². The third-order valence-electron chi connectivity index (χ3n) is 3.97. The molecule has 0 bridgehead atoms. The maximum absolute atomic E-state index is 12.3. The minimum Gasteiger partial charge on any atom is -0.298 e. The van der Waals surface area contributed by atoms with Gasteiger partial charge in [-0.3, -0.25) is 4.79 Å². The Hall–Kier alpha value is -0.890. The van der Waals surface area contributed by atoms with Crippen LogP contribution in [0.15, 0.2) is 60.7 Å². The Labute approximate surface area is 141 Å². The summed E-state index contributed by atoms with van der Waals surface area (Å²) in [4.78, 5) is 12.3. The number of rotatable bonds is 4. The first kappa shape index (κ1) is 16.0. The van der Waals surface area contributed by atoms with Crippen molar-refractivity contribution >= 4 is 44.8 Å². The zero-order chi connectivity index (χ0) is 15.4. The third kappa shape index (κ3) is 3.37. The van der Waals surface area contributed by atoms with Crippen LogP contribution in [0.25, 0.3) is 0 Å². The quantitative estimate of drug-likeness (QED) is 0.770. The number of carbonyl (C=O) groups is 1. The summed E-state index contributed by atoms with van der Waals surface area (Å²) in [7, 11) is 0. The van der Waals surface area contributed by atoms with Crippen LogP contribution in [0.4, 0.5) is 0 Å². The van der Waals surface area contributed by atoms with Gasteiger partial charge in [0.25, 0.3) is 0 Å². The highest BCUT2D eigenvalue weighted by Gasteiger charge is 2.31. The average Bonchev–Trinajstić information content (AvgIpc) is 2.58. The number of benzene rings is 2. The highest BCUT2D eigenvalue weighted by atomic mass is 32.9. The van der Waals surface area contributed by atoms with Crippen molar-refractivity contribution in [2.45, 2.75) is 30.9 Å². The lowest BCUT2D eigenvalue weighted by molar-refractivity contribution is -0.119. The van der Waals surface area contributed by atoms with Gasteiger partial charge in [0, 0.05) is 6.42 Å². The smallest absolute Gasteiger partial charge is 0.146 e. The van der Waals surface area contributed by atoms with Crippen LogP contribution in [-0.2, 0) is 16.6 Å². The fraction of sp³-hybridized carbons (Fsp3) is 0.278. The van der Waals surface area contributed by atoms with Gasteiger partial charge in [-0.1, -0.05) is 78.9 Å². The fourth-order valence-electron chi connectivity index (χ4n) is 2.76. The molecule has 4 heteroatoms. The summed E-state index contributed by atoms with van der Waals surface area (Å²) in [6.45, 7) is 0. The molecule has 1 atom stereocenters. The first-order chi connectivity index (χ1) is 10.7. The SMILES string of the molecule is O=C1CCCCC1SP(=S)(c1ccccc1)c1ccccc1. The van der Waals surface area contributed by atoms with Gasteiger partial charge >= 0.3 is 0 Å². The lowest BCUT2D eigenvalue weighted by Gasteiger charge is -2.29. The predicted octanol–water partition coefficient (Wildman–Crippen LogP) is 4.28. The van der Waals surface area contributed by atoms with Crippen LogP contribution < -0.4 is 10.6 Å². The summed E-state index contributed by atoms with van der Waals surface area (Å²) in [6.07, 6.45) is 3.87. The van der Waals surface area contributed by atoms with Crippen LogP contribution in [0.2, 0.25) is 0 Å². The normalized spacial score (nSPS) is 19.1. The first-order valence-corrected chi connectivity index (χ1v) is 11.9. The topological polar surface area (TPSA) is 17.1 Å². The van der Waals surface area contributed by atoms with Gasteiger partial charge in [-0.2, -0.15) is 0 Å². The molecule has 3 rings (SSSR count). The second kappa shape index (κ2) is 7.12. The predicted molar refractivity (Wildman–Crippen MR) is 101 cm³/mol. The van der Waals surface area contributed by atoms with Gasteiger partial charge in [-0.15, -0.1) is 11.4 Å². The highest BCUT2D eigenvalue weighted by molar-refractivity contribution is 8.75. The van der Waals surface area contributed by atoms with E-state index in [0.29, 0.717) is 5.78 Å². The molecule has 22 heavy (non-hydrogen) atoms. The monoisotopic (exact) mass is 346 g/mol. The molecule has 2 aromatic rings. The van der Waals surface area contributed by atoms with E-state index in [4.69, 9.17) is 11.8 Å². The van der Waals surface area contributed by atoms with E-state index in [-0.39, 0.29) is 5.25 Å². The Kier molecular flexibility index (Phi) is 5.18. The van der Waals surface area contributed by atoms with Crippen molar-refractivity contribution in [3.8, 4) is 0 Å². The average molecular weight is 346 g/mol. The number of carbonyl (C=O) groups excluding carboxylic acids is 1. The molecule has 0 amide bonds. The zero-order valence-electron chi connectivity index (χ0n) is 12.4. The molecule has 0 spiro atoms. The van der Waals surface area contributed by atoms with E-state index in [1.165, 1.54) is 10.6 Å². The van der Waals surface area contributed by atoms with E-state index >= 15 is 0 Å². The Balaban J connectivity index is 2.00. The van der Waals surface area contributed by atoms with Gasteiger partial charge in [0.05, 0.1) is 10.5 Å². The van der Waals surface area contributed by atoms with Crippen LogP contribution >= 0.6 is 16.6 Å². The molecule has 1 saturated carbocycles. The fourth-order valence-corrected chi connectivity index (χ4v) is 10.2. The van der Waals surface area contributed by atoms with Gasteiger partial charge in [0.15, 0.2) is 0 Å². The van der Waals surface area contributed by atoms with Crippen LogP contribution in [0.5, 0.6) is 0 Å². The minimum atomic E-state index is -2.00. The van der Waals surface area contributed by atoms with Crippen molar-refractivity contribution in [3.05, 3.63) is 60.7 Å². The van der Waals surface area contributed by atoms with Crippen LogP contribution in [0, 0.1) is 0 Å². The zero-order valence-corrected chi connectivity index (χ0v) is 14.9. The molecule has 2 aromatic carbocycles. The van der Waals surface area contributed by atoms with Gasteiger partial charge < -0.3 is 0 Å². The summed E-state index contributed by atoms with van der Waals surface area (Å²) in [5, 5.41) is 0.457. The molecule has 0 saturated heterocycles. The third-order valence-corrected chi connectivity index (χ3v) is 11.9. The van der Waals surface area contributed by atoms with Gasteiger partial charge in [0.2, 0.25) is 0 Å². The van der Waals surface area contributed by atoms with Crippen molar-refractivity contribution in [2.24, 2.45) is 0 Å². The molecule has 1 nitrogen and oxygen atoms in total. The Morgan fingerprint density at radius 2 is 1.45 bits per heavy atom. The Morgan fingerprint density at radius 3 is 1.95 bits per heavy atom. The summed E-state index contributed by atoms with van der Waals surface area (Å²) in [5.74, 6) is 0.386. The summed E-state index contributed by atoms with van der Waals surface area (Å²) >= 11 is 7.95. The summed E-state index contributed by atoms with van der Waals surface area (Å²) in [6, 6.07) is 20.7. The summed E-state index contributed by atoms with van der Waals surface area (Å²) in [5.41, 5.74) is 0. The molecule has 0 aliphatic heterocycles. The molecule has 0 N–H and O–H groups in total. The molecule has 1 unspecified atom stereocenters. The number of Topliss-reactive ketones (excluding diaryl/α,β-unsaturated/α-hetero) is 1. The molecule has 0 radical (unpaired) electrons. The molecule has 0 aromatic heterocycles. The number of hydrogen-bond donors (Lipinski definition) is 0. The largest absolute Gasteiger partial charge is 0.298 e.